The van der Waals surface area contributed by atoms with E-state index >= 15 is 0 Å². The van der Waals surface area contributed by atoms with Crippen molar-refractivity contribution in [3.8, 4) is 11.1 Å². The molecule has 0 amide bonds. The van der Waals surface area contributed by atoms with Gasteiger partial charge in [-0.1, -0.05) is 37.6 Å². The molecule has 0 saturated carbocycles. The van der Waals surface area contributed by atoms with E-state index < -0.39 is 0 Å². The first-order chi connectivity index (χ1) is 9.65. The number of hydrogen-bond acceptors (Lipinski definition) is 2. The molecule has 0 saturated heterocycles. The van der Waals surface area contributed by atoms with E-state index in [1.165, 1.54) is 0 Å². The van der Waals surface area contributed by atoms with Gasteiger partial charge in [-0.3, -0.25) is 4.68 Å². The summed E-state index contributed by atoms with van der Waals surface area (Å²) >= 11 is 6.37. The maximum Gasteiger partial charge on any atom is 0.0672 e. The van der Waals surface area contributed by atoms with Crippen LogP contribution in [0.4, 0.5) is 0 Å². The summed E-state index contributed by atoms with van der Waals surface area (Å²) in [6, 6.07) is 6.25. The van der Waals surface area contributed by atoms with Crippen molar-refractivity contribution in [3.05, 3.63) is 40.7 Å². The Morgan fingerprint density at radius 2 is 2.10 bits per heavy atom. The van der Waals surface area contributed by atoms with Gasteiger partial charge in [0.2, 0.25) is 0 Å². The zero-order valence-corrected chi connectivity index (χ0v) is 13.2. The summed E-state index contributed by atoms with van der Waals surface area (Å²) in [6.45, 7) is 9.00. The number of aryl methyl sites for hydroxylation is 2. The van der Waals surface area contributed by atoms with Gasteiger partial charge in [0.15, 0.2) is 0 Å². The van der Waals surface area contributed by atoms with Crippen LogP contribution in [0.2, 0.25) is 5.02 Å². The molecule has 4 heteroatoms. The fraction of sp³-hybridized carbons (Fsp3) is 0.438. The number of nitrogens with zero attached hydrogens (tertiary/aromatic N) is 2. The Morgan fingerprint density at radius 3 is 2.75 bits per heavy atom. The van der Waals surface area contributed by atoms with Gasteiger partial charge >= 0.3 is 0 Å². The molecule has 0 aliphatic rings. The second kappa shape index (κ2) is 6.91. The summed E-state index contributed by atoms with van der Waals surface area (Å²) in [6.07, 6.45) is 3.19. The van der Waals surface area contributed by atoms with Crippen molar-refractivity contribution >= 4 is 11.6 Å². The Morgan fingerprint density at radius 1 is 1.30 bits per heavy atom. The molecule has 1 aromatic carbocycles. The Bertz CT molecular complexity index is 575. The first-order valence-electron chi connectivity index (χ1n) is 7.19. The summed E-state index contributed by atoms with van der Waals surface area (Å²) in [5.41, 5.74) is 4.48. The zero-order chi connectivity index (χ0) is 14.5. The molecule has 0 spiro atoms. The number of halogens is 1. The van der Waals surface area contributed by atoms with Crippen molar-refractivity contribution in [2.75, 3.05) is 6.54 Å². The van der Waals surface area contributed by atoms with Crippen LogP contribution in [0.3, 0.4) is 0 Å². The Kier molecular flexibility index (Phi) is 5.21. The van der Waals surface area contributed by atoms with Crippen LogP contribution in [0.25, 0.3) is 11.1 Å². The molecule has 0 fully saturated rings. The monoisotopic (exact) mass is 291 g/mol. The first kappa shape index (κ1) is 15.1. The number of nitrogens with one attached hydrogen (secondary N) is 1. The highest BCUT2D eigenvalue weighted by atomic mass is 35.5. The van der Waals surface area contributed by atoms with E-state index in [-0.39, 0.29) is 0 Å². The van der Waals surface area contributed by atoms with Crippen LogP contribution < -0.4 is 5.32 Å². The average Bonchev–Trinajstić information content (AvgIpc) is 2.79. The van der Waals surface area contributed by atoms with Crippen molar-refractivity contribution < 1.29 is 0 Å². The van der Waals surface area contributed by atoms with E-state index in [1.807, 2.05) is 17.7 Å². The molecule has 0 aliphatic heterocycles. The molecular weight excluding hydrogens is 270 g/mol. The zero-order valence-electron chi connectivity index (χ0n) is 12.4. The molecular formula is C16H22ClN3. The van der Waals surface area contributed by atoms with Crippen molar-refractivity contribution in [2.24, 2.45) is 0 Å². The second-order valence-corrected chi connectivity index (χ2v) is 5.38. The fourth-order valence-electron chi connectivity index (χ4n) is 2.26. The van der Waals surface area contributed by atoms with Gasteiger partial charge in [0, 0.05) is 29.9 Å². The quantitative estimate of drug-likeness (QED) is 0.871. The van der Waals surface area contributed by atoms with Crippen LogP contribution in [0.15, 0.2) is 24.4 Å². The summed E-state index contributed by atoms with van der Waals surface area (Å²) in [5, 5.41) is 8.65. The molecule has 2 aromatic rings. The van der Waals surface area contributed by atoms with Crippen molar-refractivity contribution in [2.45, 2.75) is 40.3 Å². The van der Waals surface area contributed by atoms with E-state index in [0.29, 0.717) is 0 Å². The van der Waals surface area contributed by atoms with Gasteiger partial charge in [0.25, 0.3) is 0 Å². The Hall–Kier alpha value is -1.32. The van der Waals surface area contributed by atoms with Crippen LogP contribution in [0.1, 0.15) is 31.5 Å². The maximum absolute atomic E-state index is 6.37. The molecule has 108 valence electrons. The maximum atomic E-state index is 6.37. The minimum Gasteiger partial charge on any atom is -0.313 e. The minimum absolute atomic E-state index is 0.809. The topological polar surface area (TPSA) is 29.9 Å². The van der Waals surface area contributed by atoms with E-state index in [9.17, 15) is 0 Å². The van der Waals surface area contributed by atoms with Crippen molar-refractivity contribution in [1.82, 2.24) is 15.1 Å². The predicted octanol–water partition coefficient (Wildman–Crippen LogP) is 4.03. The van der Waals surface area contributed by atoms with Gasteiger partial charge in [0.1, 0.15) is 0 Å². The first-order valence-corrected chi connectivity index (χ1v) is 7.57. The fourth-order valence-corrected chi connectivity index (χ4v) is 2.51. The van der Waals surface area contributed by atoms with E-state index in [1.54, 1.807) is 0 Å². The molecule has 3 nitrogen and oxygen atoms in total. The lowest BCUT2D eigenvalue weighted by molar-refractivity contribution is 0.598. The smallest absolute Gasteiger partial charge is 0.0672 e. The van der Waals surface area contributed by atoms with E-state index in [2.05, 4.69) is 42.6 Å². The van der Waals surface area contributed by atoms with Crippen molar-refractivity contribution in [3.63, 3.8) is 0 Å². The molecule has 1 aromatic heterocycles. The summed E-state index contributed by atoms with van der Waals surface area (Å²) in [7, 11) is 0. The van der Waals surface area contributed by atoms with Gasteiger partial charge < -0.3 is 5.32 Å². The molecule has 0 atom stereocenters. The highest BCUT2D eigenvalue weighted by Gasteiger charge is 2.09. The van der Waals surface area contributed by atoms with Gasteiger partial charge in [-0.25, -0.2) is 0 Å². The summed E-state index contributed by atoms with van der Waals surface area (Å²) in [4.78, 5) is 0. The Balaban J connectivity index is 2.26. The third-order valence-corrected chi connectivity index (χ3v) is 3.68. The third-order valence-electron chi connectivity index (χ3n) is 3.33. The van der Waals surface area contributed by atoms with Crippen LogP contribution in [-0.4, -0.2) is 16.3 Å². The summed E-state index contributed by atoms with van der Waals surface area (Å²) in [5.74, 6) is 0. The standard InChI is InChI=1S/C16H22ClN3/c1-4-8-20-11-15(12(3)19-20)13-6-7-14(10-18-5-2)16(17)9-13/h6-7,9,11,18H,4-5,8,10H2,1-3H3. The summed E-state index contributed by atoms with van der Waals surface area (Å²) < 4.78 is 2.01. The molecule has 0 bridgehead atoms. The normalized spacial score (nSPS) is 11.0. The van der Waals surface area contributed by atoms with Crippen LogP contribution in [-0.2, 0) is 13.1 Å². The average molecular weight is 292 g/mol. The largest absolute Gasteiger partial charge is 0.313 e. The minimum atomic E-state index is 0.809. The van der Waals surface area contributed by atoms with Gasteiger partial charge in [-0.05, 0) is 37.1 Å². The lowest BCUT2D eigenvalue weighted by Gasteiger charge is -2.07. The molecule has 2 rings (SSSR count). The number of aromatic nitrogens is 2. The molecule has 0 aliphatic carbocycles. The number of rotatable bonds is 6. The predicted molar refractivity (Wildman–Crippen MR) is 85.1 cm³/mol. The van der Waals surface area contributed by atoms with E-state index in [0.717, 1.165) is 53.5 Å². The lowest BCUT2D eigenvalue weighted by Crippen LogP contribution is -2.11. The molecule has 0 radical (unpaired) electrons. The molecule has 0 unspecified atom stereocenters. The molecule has 1 N–H and O–H groups in total. The lowest BCUT2D eigenvalue weighted by atomic mass is 10.0. The van der Waals surface area contributed by atoms with E-state index in [4.69, 9.17) is 11.6 Å². The van der Waals surface area contributed by atoms with Gasteiger partial charge in [0.05, 0.1) is 5.69 Å². The third kappa shape index (κ3) is 3.41. The van der Waals surface area contributed by atoms with Gasteiger partial charge in [-0.15, -0.1) is 0 Å². The van der Waals surface area contributed by atoms with Crippen LogP contribution in [0.5, 0.6) is 0 Å². The highest BCUT2D eigenvalue weighted by molar-refractivity contribution is 6.31. The molecule has 1 heterocycles. The number of benzene rings is 1. The highest BCUT2D eigenvalue weighted by Crippen LogP contribution is 2.27. The second-order valence-electron chi connectivity index (χ2n) is 4.98. The van der Waals surface area contributed by atoms with Crippen molar-refractivity contribution in [1.29, 1.82) is 0 Å². The number of hydrogen-bond donors (Lipinski definition) is 1. The molecule has 20 heavy (non-hydrogen) atoms. The van der Waals surface area contributed by atoms with Crippen LogP contribution in [0, 0.1) is 6.92 Å². The Labute approximate surface area is 126 Å². The van der Waals surface area contributed by atoms with Gasteiger partial charge in [-0.2, -0.15) is 5.10 Å². The van der Waals surface area contributed by atoms with Crippen LogP contribution >= 0.6 is 11.6 Å². The SMILES string of the molecule is CCCn1cc(-c2ccc(CNCC)c(Cl)c2)c(C)n1.